The molecular formula is C28H31ClO4S. The summed E-state index contributed by atoms with van der Waals surface area (Å²) < 4.78 is 22.7. The van der Waals surface area contributed by atoms with Crippen molar-refractivity contribution in [3.63, 3.8) is 0 Å². The molecule has 1 aliphatic rings. The highest BCUT2D eigenvalue weighted by molar-refractivity contribution is 7.99. The van der Waals surface area contributed by atoms with Gasteiger partial charge in [-0.15, -0.1) is 11.8 Å². The number of hydrogen-bond donors (Lipinski definition) is 0. The van der Waals surface area contributed by atoms with Crippen LogP contribution in [0.5, 0.6) is 23.0 Å². The zero-order valence-corrected chi connectivity index (χ0v) is 22.0. The first kappa shape index (κ1) is 24.6. The summed E-state index contributed by atoms with van der Waals surface area (Å²) >= 11 is 7.99. The average Bonchev–Trinajstić information content (AvgIpc) is 2.85. The minimum atomic E-state index is -0.173. The van der Waals surface area contributed by atoms with Crippen LogP contribution in [0.1, 0.15) is 48.1 Å². The Balaban J connectivity index is 1.87. The lowest BCUT2D eigenvalue weighted by atomic mass is 9.63. The Morgan fingerprint density at radius 3 is 2.09 bits per heavy atom. The van der Waals surface area contributed by atoms with Crippen LogP contribution in [0.4, 0.5) is 0 Å². The fourth-order valence-corrected chi connectivity index (χ4v) is 6.37. The highest BCUT2D eigenvalue weighted by Crippen LogP contribution is 2.59. The van der Waals surface area contributed by atoms with Crippen LogP contribution in [-0.4, -0.2) is 28.4 Å². The summed E-state index contributed by atoms with van der Waals surface area (Å²) in [6.45, 7) is 4.60. The zero-order valence-electron chi connectivity index (χ0n) is 20.5. The van der Waals surface area contributed by atoms with E-state index in [2.05, 4.69) is 44.2 Å². The molecule has 0 N–H and O–H groups in total. The largest absolute Gasteiger partial charge is 0.497 e. The monoisotopic (exact) mass is 498 g/mol. The highest BCUT2D eigenvalue weighted by atomic mass is 35.5. The number of halogens is 1. The van der Waals surface area contributed by atoms with Crippen molar-refractivity contribution in [1.29, 1.82) is 0 Å². The number of methoxy groups -OCH3 is 4. The van der Waals surface area contributed by atoms with Gasteiger partial charge in [0.25, 0.3) is 0 Å². The quantitative estimate of drug-likeness (QED) is 0.334. The van der Waals surface area contributed by atoms with Crippen molar-refractivity contribution in [3.05, 3.63) is 76.3 Å². The van der Waals surface area contributed by atoms with Gasteiger partial charge in [-0.25, -0.2) is 0 Å². The molecule has 180 valence electrons. The molecular weight excluding hydrogens is 468 g/mol. The summed E-state index contributed by atoms with van der Waals surface area (Å²) in [6, 6.07) is 18.4. The lowest BCUT2D eigenvalue weighted by molar-refractivity contribution is 0.334. The van der Waals surface area contributed by atoms with Gasteiger partial charge in [-0.1, -0.05) is 31.5 Å². The Morgan fingerprint density at radius 2 is 1.47 bits per heavy atom. The van der Waals surface area contributed by atoms with Crippen molar-refractivity contribution >= 4 is 23.4 Å². The van der Waals surface area contributed by atoms with Crippen LogP contribution in [0.15, 0.2) is 59.5 Å². The minimum absolute atomic E-state index is 0.173. The number of hydrogen-bond acceptors (Lipinski definition) is 5. The molecule has 0 heterocycles. The first-order valence-corrected chi connectivity index (χ1v) is 12.5. The van der Waals surface area contributed by atoms with E-state index in [1.165, 1.54) is 21.6 Å². The minimum Gasteiger partial charge on any atom is -0.497 e. The van der Waals surface area contributed by atoms with Crippen LogP contribution < -0.4 is 18.9 Å². The number of fused-ring (bicyclic) bond motifs is 1. The van der Waals surface area contributed by atoms with E-state index < -0.39 is 0 Å². The summed E-state index contributed by atoms with van der Waals surface area (Å²) in [7, 11) is 6.77. The molecule has 4 rings (SSSR count). The maximum absolute atomic E-state index is 6.15. The van der Waals surface area contributed by atoms with Crippen LogP contribution in [-0.2, 0) is 5.41 Å². The van der Waals surface area contributed by atoms with Crippen molar-refractivity contribution in [1.82, 2.24) is 0 Å². The van der Waals surface area contributed by atoms with Crippen LogP contribution in [0.2, 0.25) is 5.02 Å². The smallest absolute Gasteiger partial charge is 0.160 e. The second kappa shape index (κ2) is 10.0. The molecule has 4 nitrogen and oxygen atoms in total. The fourth-order valence-electron chi connectivity index (χ4n) is 4.97. The first-order chi connectivity index (χ1) is 16.3. The fraction of sp³-hybridized carbons (Fsp3) is 0.357. The molecule has 0 spiro atoms. The van der Waals surface area contributed by atoms with Crippen LogP contribution >= 0.6 is 23.4 Å². The van der Waals surface area contributed by atoms with Crippen molar-refractivity contribution in [2.24, 2.45) is 0 Å². The summed E-state index contributed by atoms with van der Waals surface area (Å²) in [5.41, 5.74) is 3.51. The third-order valence-electron chi connectivity index (χ3n) is 6.81. The van der Waals surface area contributed by atoms with Gasteiger partial charge in [0.2, 0.25) is 0 Å². The Morgan fingerprint density at radius 1 is 0.794 bits per heavy atom. The second-order valence-electron chi connectivity index (χ2n) is 8.98. The molecule has 0 saturated carbocycles. The van der Waals surface area contributed by atoms with E-state index in [1.54, 1.807) is 28.4 Å². The normalized spacial score (nSPS) is 18.7. The Labute approximate surface area is 211 Å². The van der Waals surface area contributed by atoms with Crippen molar-refractivity contribution < 1.29 is 18.9 Å². The van der Waals surface area contributed by atoms with Gasteiger partial charge in [-0.3, -0.25) is 0 Å². The van der Waals surface area contributed by atoms with Gasteiger partial charge in [-0.2, -0.15) is 0 Å². The summed E-state index contributed by atoms with van der Waals surface area (Å²) in [6.07, 6.45) is 0.936. The molecule has 0 aliphatic heterocycles. The molecule has 3 aromatic rings. The van der Waals surface area contributed by atoms with E-state index in [-0.39, 0.29) is 16.6 Å². The predicted octanol–water partition coefficient (Wildman–Crippen LogP) is 7.67. The van der Waals surface area contributed by atoms with Gasteiger partial charge in [0.15, 0.2) is 11.5 Å². The van der Waals surface area contributed by atoms with Crippen molar-refractivity contribution in [2.75, 3.05) is 28.4 Å². The Kier molecular flexibility index (Phi) is 7.25. The number of benzene rings is 3. The van der Waals surface area contributed by atoms with E-state index in [0.717, 1.165) is 34.4 Å². The van der Waals surface area contributed by atoms with Crippen LogP contribution in [0, 0.1) is 0 Å². The molecule has 0 saturated heterocycles. The maximum Gasteiger partial charge on any atom is 0.160 e. The molecule has 0 bridgehead atoms. The molecule has 0 aromatic heterocycles. The summed E-state index contributed by atoms with van der Waals surface area (Å²) in [5.74, 6) is 3.37. The summed E-state index contributed by atoms with van der Waals surface area (Å²) in [4.78, 5) is 1.17. The number of rotatable bonds is 7. The molecule has 34 heavy (non-hydrogen) atoms. The molecule has 0 fully saturated rings. The summed E-state index contributed by atoms with van der Waals surface area (Å²) in [5, 5.41) is 0.920. The zero-order chi connectivity index (χ0) is 24.5. The van der Waals surface area contributed by atoms with Gasteiger partial charge in [0.05, 0.1) is 28.4 Å². The molecule has 0 radical (unpaired) electrons. The van der Waals surface area contributed by atoms with E-state index in [4.69, 9.17) is 30.5 Å². The molecule has 1 aliphatic carbocycles. The molecule has 2 atom stereocenters. The molecule has 2 unspecified atom stereocenters. The molecule has 6 heteroatoms. The number of thioether (sulfide) groups is 1. The second-order valence-corrected chi connectivity index (χ2v) is 10.7. The van der Waals surface area contributed by atoms with E-state index in [9.17, 15) is 0 Å². The predicted molar refractivity (Wildman–Crippen MR) is 140 cm³/mol. The highest BCUT2D eigenvalue weighted by Gasteiger charge is 2.44. The van der Waals surface area contributed by atoms with Crippen LogP contribution in [0.25, 0.3) is 0 Å². The lowest BCUT2D eigenvalue weighted by Crippen LogP contribution is -2.34. The topological polar surface area (TPSA) is 36.9 Å². The lowest BCUT2D eigenvalue weighted by Gasteiger charge is -2.44. The standard InChI is InChI=1S/C28H31ClO4S/c1-28(2)21(17-7-12-23(31-4)24(13-17)32-5)16-26(34-20-10-8-18(29)9-11-20)27-22(28)14-19(30-3)15-25(27)33-6/h7-15,21,26H,16H2,1-6H3. The molecule has 0 amide bonds. The van der Waals surface area contributed by atoms with Gasteiger partial charge in [0.1, 0.15) is 11.5 Å². The van der Waals surface area contributed by atoms with Gasteiger partial charge in [-0.05, 0) is 71.3 Å². The van der Waals surface area contributed by atoms with Gasteiger partial charge < -0.3 is 18.9 Å². The number of ether oxygens (including phenoxy) is 4. The van der Waals surface area contributed by atoms with Crippen molar-refractivity contribution in [3.8, 4) is 23.0 Å². The van der Waals surface area contributed by atoms with E-state index in [0.29, 0.717) is 0 Å². The Bertz CT molecular complexity index is 1160. The molecule has 3 aromatic carbocycles. The van der Waals surface area contributed by atoms with Crippen LogP contribution in [0.3, 0.4) is 0 Å². The van der Waals surface area contributed by atoms with E-state index >= 15 is 0 Å². The van der Waals surface area contributed by atoms with Gasteiger partial charge in [0, 0.05) is 26.8 Å². The maximum atomic E-state index is 6.15. The first-order valence-electron chi connectivity index (χ1n) is 11.2. The average molecular weight is 499 g/mol. The van der Waals surface area contributed by atoms with Crippen molar-refractivity contribution in [2.45, 2.75) is 41.7 Å². The third kappa shape index (κ3) is 4.56. The van der Waals surface area contributed by atoms with E-state index in [1.807, 2.05) is 36.0 Å². The van der Waals surface area contributed by atoms with Gasteiger partial charge >= 0.3 is 0 Å². The third-order valence-corrected chi connectivity index (χ3v) is 8.32. The SMILES string of the molecule is COc1cc(OC)c2c(c1)C(C)(C)C(c1ccc(OC)c(OC)c1)CC2Sc1ccc(Cl)cc1. The Hall–Kier alpha value is -2.50.